The van der Waals surface area contributed by atoms with Gasteiger partial charge in [0.25, 0.3) is 15.9 Å². The number of hydrogen-bond donors (Lipinski definition) is 5. The first-order chi connectivity index (χ1) is 19.5. The predicted octanol–water partition coefficient (Wildman–Crippen LogP) is 0.676. The van der Waals surface area contributed by atoms with Crippen LogP contribution < -0.4 is 21.1 Å². The molecule has 212 valence electrons. The summed E-state index contributed by atoms with van der Waals surface area (Å²) in [4.78, 5) is 49.7. The fraction of sp³-hybridized carbons (Fsp3) is 0.172. The molecular formula is C29H28N4O7S. The Balaban J connectivity index is 1.47. The number of phenols is 1. The molecule has 4 amide bonds. The van der Waals surface area contributed by atoms with Crippen LogP contribution in [0, 0.1) is 0 Å². The van der Waals surface area contributed by atoms with Crippen molar-refractivity contribution in [3.8, 4) is 5.75 Å². The summed E-state index contributed by atoms with van der Waals surface area (Å²) in [6.45, 7) is 0. The molecule has 4 rings (SSSR count). The number of carbonyl (C=O) groups is 4. The standard InChI is InChI=1S/C29H28N4O7S/c30-28(37)23(14-19-6-10-21(11-7-19)25-17-27(36)33-41(25,39)40)32-29(38)24(15-18-4-2-1-3-5-18)31-26(35)16-20-8-12-22(34)13-9-20/h1-13,17,23-24,34H,14-16H2,(H2,30,37)(H,31,35)(H,32,38)(H,33,36)/t23-,24-/m0/s1. The van der Waals surface area contributed by atoms with E-state index in [0.717, 1.165) is 11.6 Å². The number of primary amides is 1. The van der Waals surface area contributed by atoms with Crippen molar-refractivity contribution >= 4 is 38.6 Å². The van der Waals surface area contributed by atoms with Gasteiger partial charge < -0.3 is 21.5 Å². The number of hydrogen-bond acceptors (Lipinski definition) is 7. The van der Waals surface area contributed by atoms with E-state index in [9.17, 15) is 32.7 Å². The zero-order valence-electron chi connectivity index (χ0n) is 21.7. The predicted molar refractivity (Wildman–Crippen MR) is 150 cm³/mol. The van der Waals surface area contributed by atoms with E-state index in [1.54, 1.807) is 36.4 Å². The van der Waals surface area contributed by atoms with Crippen LogP contribution in [0.25, 0.3) is 4.91 Å². The Morgan fingerprint density at radius 3 is 1.98 bits per heavy atom. The summed E-state index contributed by atoms with van der Waals surface area (Å²) < 4.78 is 26.0. The molecule has 0 fully saturated rings. The Morgan fingerprint density at radius 1 is 0.805 bits per heavy atom. The molecule has 0 aromatic heterocycles. The first kappa shape index (κ1) is 29.0. The van der Waals surface area contributed by atoms with Gasteiger partial charge in [0.1, 0.15) is 22.7 Å². The van der Waals surface area contributed by atoms with Crippen molar-refractivity contribution in [2.45, 2.75) is 31.3 Å². The molecule has 41 heavy (non-hydrogen) atoms. The maximum absolute atomic E-state index is 13.3. The Labute approximate surface area is 236 Å². The van der Waals surface area contributed by atoms with Crippen LogP contribution in [0.2, 0.25) is 0 Å². The minimum Gasteiger partial charge on any atom is -0.508 e. The SMILES string of the molecule is NC(=O)[C@H](Cc1ccc(C2=CC(=O)NS2(=O)=O)cc1)NC(=O)[C@H](Cc1ccccc1)NC(=O)Cc1ccc(O)cc1. The molecule has 3 aromatic rings. The van der Waals surface area contributed by atoms with Crippen LogP contribution in [-0.2, 0) is 48.5 Å². The lowest BCUT2D eigenvalue weighted by Crippen LogP contribution is -2.54. The van der Waals surface area contributed by atoms with Crippen molar-refractivity contribution in [3.63, 3.8) is 0 Å². The smallest absolute Gasteiger partial charge is 0.265 e. The first-order valence-corrected chi connectivity index (χ1v) is 14.1. The highest BCUT2D eigenvalue weighted by molar-refractivity contribution is 7.99. The quantitative estimate of drug-likeness (QED) is 0.222. The van der Waals surface area contributed by atoms with E-state index in [0.29, 0.717) is 11.1 Å². The number of carbonyl (C=O) groups excluding carboxylic acids is 4. The van der Waals surface area contributed by atoms with Crippen molar-refractivity contribution in [1.29, 1.82) is 0 Å². The van der Waals surface area contributed by atoms with Crippen LogP contribution in [0.3, 0.4) is 0 Å². The number of amides is 4. The normalized spacial score (nSPS) is 15.2. The van der Waals surface area contributed by atoms with E-state index in [-0.39, 0.29) is 35.5 Å². The molecule has 0 unspecified atom stereocenters. The summed E-state index contributed by atoms with van der Waals surface area (Å²) >= 11 is 0. The van der Waals surface area contributed by atoms with Gasteiger partial charge in [-0.1, -0.05) is 66.7 Å². The van der Waals surface area contributed by atoms with E-state index >= 15 is 0 Å². The highest BCUT2D eigenvalue weighted by Crippen LogP contribution is 2.24. The van der Waals surface area contributed by atoms with Gasteiger partial charge in [-0.2, -0.15) is 0 Å². The second kappa shape index (κ2) is 12.5. The molecule has 6 N–H and O–H groups in total. The van der Waals surface area contributed by atoms with Gasteiger partial charge in [-0.05, 0) is 34.4 Å². The Hall–Kier alpha value is -4.97. The van der Waals surface area contributed by atoms with E-state index < -0.39 is 45.7 Å². The molecule has 0 saturated heterocycles. The molecule has 0 saturated carbocycles. The highest BCUT2D eigenvalue weighted by atomic mass is 32.2. The topological polar surface area (TPSA) is 185 Å². The minimum absolute atomic E-state index is 0.00381. The lowest BCUT2D eigenvalue weighted by atomic mass is 10.0. The number of aromatic hydroxyl groups is 1. The molecule has 0 spiro atoms. The van der Waals surface area contributed by atoms with Gasteiger partial charge in [0.05, 0.1) is 6.42 Å². The van der Waals surface area contributed by atoms with Crippen molar-refractivity contribution < 1.29 is 32.7 Å². The second-order valence-electron chi connectivity index (χ2n) is 9.50. The van der Waals surface area contributed by atoms with Crippen molar-refractivity contribution in [1.82, 2.24) is 15.4 Å². The average Bonchev–Trinajstić information content (AvgIpc) is 3.21. The first-order valence-electron chi connectivity index (χ1n) is 12.6. The Kier molecular flexibility index (Phi) is 8.83. The fourth-order valence-electron chi connectivity index (χ4n) is 4.29. The lowest BCUT2D eigenvalue weighted by molar-refractivity contribution is -0.131. The number of nitrogens with one attached hydrogen (secondary N) is 3. The van der Waals surface area contributed by atoms with Gasteiger partial charge in [-0.15, -0.1) is 0 Å². The Morgan fingerprint density at radius 2 is 1.39 bits per heavy atom. The van der Waals surface area contributed by atoms with Crippen LogP contribution in [-0.4, -0.2) is 49.2 Å². The van der Waals surface area contributed by atoms with Gasteiger partial charge in [0.2, 0.25) is 17.7 Å². The third-order valence-corrected chi connectivity index (χ3v) is 7.76. The highest BCUT2D eigenvalue weighted by Gasteiger charge is 2.29. The summed E-state index contributed by atoms with van der Waals surface area (Å²) in [5, 5.41) is 14.8. The molecule has 1 aliphatic rings. The monoisotopic (exact) mass is 576 g/mol. The third kappa shape index (κ3) is 7.79. The number of rotatable bonds is 11. The summed E-state index contributed by atoms with van der Waals surface area (Å²) in [6, 6.07) is 19.1. The van der Waals surface area contributed by atoms with E-state index in [4.69, 9.17) is 5.73 Å². The lowest BCUT2D eigenvalue weighted by Gasteiger charge is -2.22. The minimum atomic E-state index is -3.94. The zero-order chi connectivity index (χ0) is 29.6. The summed E-state index contributed by atoms with van der Waals surface area (Å²) in [7, 11) is -3.94. The number of nitrogens with two attached hydrogens (primary N) is 1. The largest absolute Gasteiger partial charge is 0.508 e. The third-order valence-electron chi connectivity index (χ3n) is 6.36. The molecular weight excluding hydrogens is 548 g/mol. The van der Waals surface area contributed by atoms with Gasteiger partial charge in [0, 0.05) is 18.9 Å². The maximum Gasteiger partial charge on any atom is 0.265 e. The van der Waals surface area contributed by atoms with Gasteiger partial charge in [-0.3, -0.25) is 19.2 Å². The molecule has 2 atom stereocenters. The van der Waals surface area contributed by atoms with Crippen LogP contribution in [0.5, 0.6) is 5.75 Å². The molecule has 0 aliphatic carbocycles. The van der Waals surface area contributed by atoms with E-state index in [2.05, 4.69) is 10.6 Å². The average molecular weight is 577 g/mol. The van der Waals surface area contributed by atoms with E-state index in [1.807, 2.05) is 22.9 Å². The van der Waals surface area contributed by atoms with Gasteiger partial charge in [0.15, 0.2) is 0 Å². The van der Waals surface area contributed by atoms with E-state index in [1.165, 1.54) is 24.3 Å². The summed E-state index contributed by atoms with van der Waals surface area (Å²) in [5.74, 6) is -2.51. The number of sulfonamides is 1. The molecule has 11 nitrogen and oxygen atoms in total. The second-order valence-corrected chi connectivity index (χ2v) is 11.1. The van der Waals surface area contributed by atoms with Gasteiger partial charge in [-0.25, -0.2) is 13.1 Å². The molecule has 12 heteroatoms. The molecule has 1 aliphatic heterocycles. The zero-order valence-corrected chi connectivity index (χ0v) is 22.6. The fourth-order valence-corrected chi connectivity index (χ4v) is 5.43. The van der Waals surface area contributed by atoms with Crippen molar-refractivity contribution in [2.24, 2.45) is 5.73 Å². The van der Waals surface area contributed by atoms with Crippen LogP contribution >= 0.6 is 0 Å². The van der Waals surface area contributed by atoms with Crippen LogP contribution in [0.4, 0.5) is 0 Å². The van der Waals surface area contributed by atoms with Crippen LogP contribution in [0.1, 0.15) is 22.3 Å². The number of phenolic OH excluding ortho intramolecular Hbond substituents is 1. The summed E-state index contributed by atoms with van der Waals surface area (Å²) in [6.07, 6.45) is 1.12. The maximum atomic E-state index is 13.3. The summed E-state index contributed by atoms with van der Waals surface area (Å²) in [5.41, 5.74) is 7.87. The van der Waals surface area contributed by atoms with Crippen molar-refractivity contribution in [3.05, 3.63) is 107 Å². The molecule has 3 aromatic carbocycles. The molecule has 1 heterocycles. The molecule has 0 bridgehead atoms. The van der Waals surface area contributed by atoms with Crippen LogP contribution in [0.15, 0.2) is 84.9 Å². The van der Waals surface area contributed by atoms with Gasteiger partial charge >= 0.3 is 0 Å². The van der Waals surface area contributed by atoms with Crippen molar-refractivity contribution in [2.75, 3.05) is 0 Å². The molecule has 0 radical (unpaired) electrons. The Bertz CT molecular complexity index is 1590. The number of benzene rings is 3.